The molecule has 0 heterocycles. The molecule has 2 aromatic carbocycles. The summed E-state index contributed by atoms with van der Waals surface area (Å²) >= 11 is 7.12. The fourth-order valence-corrected chi connectivity index (χ4v) is 2.83. The van der Waals surface area contributed by atoms with Gasteiger partial charge in [0.25, 0.3) is 0 Å². The zero-order valence-corrected chi connectivity index (χ0v) is 12.1. The van der Waals surface area contributed by atoms with Crippen LogP contribution in [0.5, 0.6) is 0 Å². The first kappa shape index (κ1) is 15.3. The largest absolute Gasteiger partial charge is 0.392 e. The van der Waals surface area contributed by atoms with E-state index in [9.17, 15) is 13.9 Å². The number of hydrogen-bond donors (Lipinski definition) is 1. The van der Waals surface area contributed by atoms with Gasteiger partial charge < -0.3 is 5.11 Å². The van der Waals surface area contributed by atoms with Crippen LogP contribution < -0.4 is 0 Å². The lowest BCUT2D eigenvalue weighted by Gasteiger charge is -2.11. The Morgan fingerprint density at radius 2 is 1.95 bits per heavy atom. The van der Waals surface area contributed by atoms with Gasteiger partial charge in [-0.25, -0.2) is 8.78 Å². The van der Waals surface area contributed by atoms with Crippen LogP contribution >= 0.6 is 23.4 Å². The van der Waals surface area contributed by atoms with Crippen molar-refractivity contribution in [2.45, 2.75) is 17.4 Å². The van der Waals surface area contributed by atoms with Gasteiger partial charge in [-0.1, -0.05) is 17.7 Å². The average Bonchev–Trinajstić information content (AvgIpc) is 2.41. The molecule has 0 saturated carbocycles. The van der Waals surface area contributed by atoms with Gasteiger partial charge >= 0.3 is 0 Å². The predicted molar refractivity (Wildman–Crippen MR) is 78.2 cm³/mol. The van der Waals surface area contributed by atoms with Gasteiger partial charge in [-0.15, -0.1) is 11.8 Å². The maximum absolute atomic E-state index is 13.5. The topological polar surface area (TPSA) is 20.2 Å². The molecule has 20 heavy (non-hydrogen) atoms. The Bertz CT molecular complexity index is 592. The molecule has 1 N–H and O–H groups in total. The van der Waals surface area contributed by atoms with Crippen molar-refractivity contribution in [3.05, 3.63) is 64.7 Å². The Morgan fingerprint density at radius 3 is 2.70 bits per heavy atom. The molecular formula is C15H13ClF2OS. The number of aliphatic hydroxyl groups is 1. The highest BCUT2D eigenvalue weighted by molar-refractivity contribution is 7.99. The predicted octanol–water partition coefficient (Wildman–Crippen LogP) is 4.31. The second-order valence-electron chi connectivity index (χ2n) is 4.36. The monoisotopic (exact) mass is 314 g/mol. The lowest BCUT2D eigenvalue weighted by Crippen LogP contribution is -2.14. The molecule has 5 heteroatoms. The third-order valence-electron chi connectivity index (χ3n) is 2.70. The van der Waals surface area contributed by atoms with Crippen LogP contribution in [0, 0.1) is 11.6 Å². The van der Waals surface area contributed by atoms with E-state index in [1.54, 1.807) is 12.1 Å². The molecule has 106 valence electrons. The molecule has 0 aromatic heterocycles. The van der Waals surface area contributed by atoms with Gasteiger partial charge in [0, 0.05) is 22.1 Å². The summed E-state index contributed by atoms with van der Waals surface area (Å²) in [6.07, 6.45) is -0.550. The highest BCUT2D eigenvalue weighted by atomic mass is 35.5. The maximum Gasteiger partial charge on any atom is 0.126 e. The number of rotatable bonds is 5. The summed E-state index contributed by atoms with van der Waals surface area (Å²) < 4.78 is 26.5. The Balaban J connectivity index is 1.92. The maximum atomic E-state index is 13.5. The fourth-order valence-electron chi connectivity index (χ4n) is 1.76. The van der Waals surface area contributed by atoms with Crippen LogP contribution in [0.3, 0.4) is 0 Å². The normalized spacial score (nSPS) is 12.4. The van der Waals surface area contributed by atoms with Gasteiger partial charge in [0.2, 0.25) is 0 Å². The molecule has 0 amide bonds. The van der Waals surface area contributed by atoms with E-state index in [1.165, 1.54) is 42.1 Å². The molecule has 0 bridgehead atoms. The van der Waals surface area contributed by atoms with E-state index >= 15 is 0 Å². The number of thioether (sulfide) groups is 1. The van der Waals surface area contributed by atoms with Crippen LogP contribution in [0.1, 0.15) is 5.56 Å². The molecule has 0 aliphatic heterocycles. The molecule has 0 radical (unpaired) electrons. The van der Waals surface area contributed by atoms with Crippen LogP contribution in [-0.2, 0) is 6.42 Å². The molecule has 0 aliphatic rings. The third-order valence-corrected chi connectivity index (χ3v) is 4.08. The standard InChI is InChI=1S/C15H13ClF2OS/c16-11-4-5-15(18)10(6-11)7-13(19)9-20-14-3-1-2-12(17)8-14/h1-6,8,13,19H,7,9H2. The summed E-state index contributed by atoms with van der Waals surface area (Å²) in [5.74, 6) is -0.343. The number of hydrogen-bond acceptors (Lipinski definition) is 2. The Kier molecular flexibility index (Phi) is 5.40. The van der Waals surface area contributed by atoms with E-state index < -0.39 is 6.10 Å². The lowest BCUT2D eigenvalue weighted by atomic mass is 10.1. The van der Waals surface area contributed by atoms with Crippen molar-refractivity contribution < 1.29 is 13.9 Å². The van der Waals surface area contributed by atoms with Crippen molar-refractivity contribution in [2.24, 2.45) is 0 Å². The molecule has 1 atom stereocenters. The van der Waals surface area contributed by atoms with Crippen molar-refractivity contribution in [3.63, 3.8) is 0 Å². The second-order valence-corrected chi connectivity index (χ2v) is 5.89. The van der Waals surface area contributed by atoms with E-state index in [4.69, 9.17) is 11.6 Å². The highest BCUT2D eigenvalue weighted by Crippen LogP contribution is 2.22. The summed E-state index contributed by atoms with van der Waals surface area (Å²) in [6.45, 7) is 0. The van der Waals surface area contributed by atoms with Crippen molar-refractivity contribution in [1.29, 1.82) is 0 Å². The molecule has 1 nitrogen and oxygen atoms in total. The summed E-state index contributed by atoms with van der Waals surface area (Å²) in [6, 6.07) is 10.4. The van der Waals surface area contributed by atoms with Crippen molar-refractivity contribution in [1.82, 2.24) is 0 Å². The van der Waals surface area contributed by atoms with Crippen LogP contribution in [0.4, 0.5) is 8.78 Å². The first-order valence-electron chi connectivity index (χ1n) is 6.05. The fraction of sp³-hybridized carbons (Fsp3) is 0.200. The van der Waals surface area contributed by atoms with Gasteiger partial charge in [0.15, 0.2) is 0 Å². The molecule has 2 aromatic rings. The molecule has 0 fully saturated rings. The minimum absolute atomic E-state index is 0.175. The zero-order valence-electron chi connectivity index (χ0n) is 10.5. The van der Waals surface area contributed by atoms with Gasteiger partial charge in [0.05, 0.1) is 6.10 Å². The van der Waals surface area contributed by atoms with E-state index in [1.807, 2.05) is 0 Å². The van der Waals surface area contributed by atoms with Crippen LogP contribution in [0.15, 0.2) is 47.4 Å². The van der Waals surface area contributed by atoms with Gasteiger partial charge in [-0.2, -0.15) is 0 Å². The molecule has 0 saturated heterocycles. The molecule has 1 unspecified atom stereocenters. The van der Waals surface area contributed by atoms with E-state index in [0.717, 1.165) is 4.90 Å². The Hall–Kier alpha value is -1.10. The Morgan fingerprint density at radius 1 is 1.15 bits per heavy atom. The van der Waals surface area contributed by atoms with Gasteiger partial charge in [-0.05, 0) is 42.0 Å². The van der Waals surface area contributed by atoms with Gasteiger partial charge in [0.1, 0.15) is 11.6 Å². The molecule has 0 aliphatic carbocycles. The summed E-state index contributed by atoms with van der Waals surface area (Å²) in [5, 5.41) is 10.4. The van der Waals surface area contributed by atoms with Gasteiger partial charge in [-0.3, -0.25) is 0 Å². The highest BCUT2D eigenvalue weighted by Gasteiger charge is 2.11. The quantitative estimate of drug-likeness (QED) is 0.830. The smallest absolute Gasteiger partial charge is 0.126 e. The minimum atomic E-state index is -0.726. The van der Waals surface area contributed by atoms with Crippen LogP contribution in [0.2, 0.25) is 5.02 Å². The molecular weight excluding hydrogens is 302 g/mol. The van der Waals surface area contributed by atoms with E-state index in [-0.39, 0.29) is 18.1 Å². The Labute approximate surface area is 125 Å². The number of aliphatic hydroxyl groups excluding tert-OH is 1. The van der Waals surface area contributed by atoms with Crippen LogP contribution in [0.25, 0.3) is 0 Å². The molecule has 0 spiro atoms. The SMILES string of the molecule is OC(CSc1cccc(F)c1)Cc1cc(Cl)ccc1F. The van der Waals surface area contributed by atoms with Crippen molar-refractivity contribution >= 4 is 23.4 Å². The van der Waals surface area contributed by atoms with Crippen molar-refractivity contribution in [2.75, 3.05) is 5.75 Å². The lowest BCUT2D eigenvalue weighted by molar-refractivity contribution is 0.198. The summed E-state index contributed by atoms with van der Waals surface area (Å²) in [7, 11) is 0. The minimum Gasteiger partial charge on any atom is -0.392 e. The second kappa shape index (κ2) is 7.07. The zero-order chi connectivity index (χ0) is 14.5. The van der Waals surface area contributed by atoms with Crippen molar-refractivity contribution in [3.8, 4) is 0 Å². The average molecular weight is 315 g/mol. The first-order chi connectivity index (χ1) is 9.54. The number of benzene rings is 2. The third kappa shape index (κ3) is 4.47. The molecule has 2 rings (SSSR count). The van der Waals surface area contributed by atoms with E-state index in [0.29, 0.717) is 16.3 Å². The summed E-state index contributed by atoms with van der Waals surface area (Å²) in [4.78, 5) is 0.732. The first-order valence-corrected chi connectivity index (χ1v) is 7.41. The number of halogens is 3. The summed E-state index contributed by atoms with van der Waals surface area (Å²) in [5.41, 5.74) is 0.379. The van der Waals surface area contributed by atoms with E-state index in [2.05, 4.69) is 0 Å². The van der Waals surface area contributed by atoms with Crippen LogP contribution in [-0.4, -0.2) is 17.0 Å².